The van der Waals surface area contributed by atoms with Gasteiger partial charge in [0, 0.05) is 5.54 Å². The van der Waals surface area contributed by atoms with Crippen molar-refractivity contribution >= 4 is 29.3 Å². The number of fused-ring (bicyclic) bond motifs is 8. The van der Waals surface area contributed by atoms with Crippen LogP contribution >= 0.6 is 0 Å². The van der Waals surface area contributed by atoms with E-state index in [1.165, 1.54) is 37.6 Å². The molecule has 0 saturated heterocycles. The zero-order chi connectivity index (χ0) is 65.8. The molecular formula is C86H64N2O8. The molecule has 0 saturated carbocycles. The van der Waals surface area contributed by atoms with Crippen LogP contribution < -0.4 is 23.8 Å². The van der Waals surface area contributed by atoms with E-state index in [0.29, 0.717) is 51.3 Å². The fourth-order valence-electron chi connectivity index (χ4n) is 14.8. The van der Waals surface area contributed by atoms with E-state index in [0.717, 1.165) is 56.0 Å². The zero-order valence-electron chi connectivity index (χ0n) is 53.7. The molecule has 16 rings (SSSR count). The first kappa shape index (κ1) is 59.2. The van der Waals surface area contributed by atoms with Crippen LogP contribution in [-0.2, 0) is 16.2 Å². The van der Waals surface area contributed by atoms with Crippen molar-refractivity contribution in [1.82, 2.24) is 4.90 Å². The predicted molar refractivity (Wildman–Crippen MR) is 374 cm³/mol. The monoisotopic (exact) mass is 1250 g/mol. The van der Waals surface area contributed by atoms with E-state index in [4.69, 9.17) is 18.9 Å². The Morgan fingerprint density at radius 3 is 0.885 bits per heavy atom. The molecule has 10 heteroatoms. The number of nitrogens with zero attached hydrogens (tertiary/aromatic N) is 2. The highest BCUT2D eigenvalue weighted by atomic mass is 16.5. The van der Waals surface area contributed by atoms with E-state index in [9.17, 15) is 19.2 Å². The molecule has 2 heterocycles. The Morgan fingerprint density at radius 2 is 0.542 bits per heavy atom. The lowest BCUT2D eigenvalue weighted by Gasteiger charge is -2.34. The van der Waals surface area contributed by atoms with Gasteiger partial charge in [-0.1, -0.05) is 178 Å². The highest BCUT2D eigenvalue weighted by Gasteiger charge is 2.48. The minimum absolute atomic E-state index is 0.0438. The molecule has 4 aliphatic rings. The highest BCUT2D eigenvalue weighted by Crippen LogP contribution is 2.58. The van der Waals surface area contributed by atoms with Gasteiger partial charge >= 0.3 is 0 Å². The molecule has 0 N–H and O–H groups in total. The summed E-state index contributed by atoms with van der Waals surface area (Å²) in [5.74, 6) is 3.11. The van der Waals surface area contributed by atoms with Crippen molar-refractivity contribution < 1.29 is 38.1 Å². The molecule has 12 aromatic rings. The molecule has 2 aliphatic heterocycles. The van der Waals surface area contributed by atoms with Crippen molar-refractivity contribution in [3.63, 3.8) is 0 Å². The normalized spacial score (nSPS) is 14.6. The number of benzene rings is 12. The zero-order valence-corrected chi connectivity index (χ0v) is 53.7. The number of ether oxygens (including phenoxy) is 4. The second-order valence-corrected chi connectivity index (χ2v) is 26.9. The molecule has 10 nitrogen and oxygen atoms in total. The quantitative estimate of drug-likeness (QED) is 0.105. The van der Waals surface area contributed by atoms with Gasteiger partial charge in [0.25, 0.3) is 23.6 Å². The molecule has 0 fully saturated rings. The summed E-state index contributed by atoms with van der Waals surface area (Å²) in [5, 5.41) is 0. The van der Waals surface area contributed by atoms with Crippen molar-refractivity contribution in [3.8, 4) is 68.2 Å². The van der Waals surface area contributed by atoms with E-state index in [2.05, 4.69) is 191 Å². The molecule has 0 aromatic heterocycles. The first-order valence-electron chi connectivity index (χ1n) is 32.3. The number of hydrogen-bond donors (Lipinski definition) is 0. The summed E-state index contributed by atoms with van der Waals surface area (Å²) in [5.41, 5.74) is 14.3. The molecule has 12 aromatic carbocycles. The Labute approximate surface area is 557 Å². The van der Waals surface area contributed by atoms with Crippen LogP contribution in [0.15, 0.2) is 279 Å². The molecule has 0 unspecified atom stereocenters. The molecule has 0 bridgehead atoms. The number of imide groups is 2. The van der Waals surface area contributed by atoms with Gasteiger partial charge in [-0.05, 0) is 220 Å². The molecule has 0 atom stereocenters. The number of carbonyl (C=O) groups excluding carboxylic acids is 4. The number of hydrogen-bond acceptors (Lipinski definition) is 8. The van der Waals surface area contributed by atoms with Gasteiger partial charge in [0.15, 0.2) is 0 Å². The van der Waals surface area contributed by atoms with E-state index < -0.39 is 28.2 Å². The fraction of sp³-hybridized carbons (Fsp3) is 0.116. The minimum Gasteiger partial charge on any atom is -0.457 e. The number of rotatable bonds is 13. The molecule has 0 radical (unpaired) electrons. The molecule has 466 valence electrons. The van der Waals surface area contributed by atoms with Crippen LogP contribution in [0.3, 0.4) is 0 Å². The molecule has 2 aliphatic carbocycles. The third-order valence-corrected chi connectivity index (χ3v) is 19.2. The molecular weight excluding hydrogens is 1190 g/mol. The van der Waals surface area contributed by atoms with Gasteiger partial charge in [0.1, 0.15) is 46.0 Å². The number of anilines is 1. The lowest BCUT2D eigenvalue weighted by Crippen LogP contribution is -2.45. The average Bonchev–Trinajstić information content (AvgIpc) is 1.53. The fourth-order valence-corrected chi connectivity index (χ4v) is 14.8. The van der Waals surface area contributed by atoms with Gasteiger partial charge in [-0.3, -0.25) is 24.1 Å². The predicted octanol–water partition coefficient (Wildman–Crippen LogP) is 20.1. The first-order valence-corrected chi connectivity index (χ1v) is 32.3. The molecule has 0 spiro atoms. The van der Waals surface area contributed by atoms with Gasteiger partial charge in [-0.25, -0.2) is 4.90 Å². The minimum atomic E-state index is -0.742. The Balaban J connectivity index is 0.625. The summed E-state index contributed by atoms with van der Waals surface area (Å²) >= 11 is 0. The summed E-state index contributed by atoms with van der Waals surface area (Å²) in [6, 6.07) is 92.2. The van der Waals surface area contributed by atoms with Crippen molar-refractivity contribution in [3.05, 3.63) is 351 Å². The smallest absolute Gasteiger partial charge is 0.266 e. The van der Waals surface area contributed by atoms with E-state index in [1.807, 2.05) is 69.3 Å². The second-order valence-electron chi connectivity index (χ2n) is 26.9. The van der Waals surface area contributed by atoms with Crippen molar-refractivity contribution in [2.75, 3.05) is 4.90 Å². The summed E-state index contributed by atoms with van der Waals surface area (Å²) < 4.78 is 25.7. The van der Waals surface area contributed by atoms with Crippen LogP contribution in [0, 0.1) is 0 Å². The molecule has 96 heavy (non-hydrogen) atoms. The Bertz CT molecular complexity index is 5050. The Morgan fingerprint density at radius 1 is 0.271 bits per heavy atom. The lowest BCUT2D eigenvalue weighted by molar-refractivity contribution is 0.0507. The van der Waals surface area contributed by atoms with Crippen LogP contribution in [0.4, 0.5) is 5.69 Å². The first-order chi connectivity index (χ1) is 46.5. The molecule has 4 amide bonds. The third-order valence-electron chi connectivity index (χ3n) is 19.2. The van der Waals surface area contributed by atoms with E-state index >= 15 is 0 Å². The summed E-state index contributed by atoms with van der Waals surface area (Å²) in [4.78, 5) is 57.5. The maximum atomic E-state index is 14.3. The standard InChI is InChI=1S/C86H64N2O8/c1-83(2,3)53-23-35-59(36-24-53)93-60-37-25-54(26-38-60)85(75-19-11-7-15-67(75)68-16-8-12-20-76(68)85)55-27-39-61(40-28-55)94-64-45-33-58(34-46-64)87-79(89)71-49-47-65(51-73(71)80(87)90)95-62-41-29-56(30-42-62)86(77-21-13-9-17-69(77)70-18-10-14-22-78(70)86)57-31-43-63(44-32-57)96-66-48-50-72-74(52-66)82(92)88(81(72)91)84(4,5)6/h7-52H,1-6H3. The number of carbonyl (C=O) groups is 4. The van der Waals surface area contributed by atoms with Gasteiger partial charge in [-0.15, -0.1) is 0 Å². The number of amides is 4. The highest BCUT2D eigenvalue weighted by molar-refractivity contribution is 6.34. The van der Waals surface area contributed by atoms with E-state index in [-0.39, 0.29) is 28.4 Å². The summed E-state index contributed by atoms with van der Waals surface area (Å²) in [6.45, 7) is 12.1. The van der Waals surface area contributed by atoms with Crippen LogP contribution in [0.25, 0.3) is 22.3 Å². The Kier molecular flexibility index (Phi) is 13.8. The third kappa shape index (κ3) is 9.53. The Hall–Kier alpha value is -11.9. The van der Waals surface area contributed by atoms with Gasteiger partial charge in [0.05, 0.1) is 38.8 Å². The van der Waals surface area contributed by atoms with Crippen molar-refractivity contribution in [1.29, 1.82) is 0 Å². The van der Waals surface area contributed by atoms with Crippen LogP contribution in [0.1, 0.15) is 133 Å². The van der Waals surface area contributed by atoms with E-state index in [1.54, 1.807) is 60.7 Å². The largest absolute Gasteiger partial charge is 0.457 e. The maximum absolute atomic E-state index is 14.3. The van der Waals surface area contributed by atoms with Gasteiger partial charge in [0.2, 0.25) is 0 Å². The van der Waals surface area contributed by atoms with Gasteiger partial charge in [-0.2, -0.15) is 0 Å². The average molecular weight is 1250 g/mol. The van der Waals surface area contributed by atoms with Crippen LogP contribution in [-0.4, -0.2) is 34.1 Å². The SMILES string of the molecule is CC(C)(C)c1ccc(Oc2ccc(C3(c4ccc(Oc5ccc(N6C(=O)c7ccc(Oc8ccc(C9(c%10ccc(Oc%11ccc%12c(c%11)C(=O)N(C(C)(C)C)C%12=O)cc%10)c%10ccccc%10-c%10ccccc%109)cc8)cc7C6=O)cc5)cc4)c4ccccc4-c4ccccc43)cc2)cc1. The van der Waals surface area contributed by atoms with Crippen LogP contribution in [0.5, 0.6) is 46.0 Å². The van der Waals surface area contributed by atoms with Crippen molar-refractivity contribution in [2.45, 2.75) is 63.3 Å². The summed E-state index contributed by atoms with van der Waals surface area (Å²) in [6.07, 6.45) is 0. The second kappa shape index (κ2) is 22.4. The summed E-state index contributed by atoms with van der Waals surface area (Å²) in [7, 11) is 0. The van der Waals surface area contributed by atoms with Crippen molar-refractivity contribution in [2.24, 2.45) is 0 Å². The maximum Gasteiger partial charge on any atom is 0.266 e. The van der Waals surface area contributed by atoms with Crippen LogP contribution in [0.2, 0.25) is 0 Å². The van der Waals surface area contributed by atoms with Gasteiger partial charge < -0.3 is 18.9 Å². The topological polar surface area (TPSA) is 112 Å². The lowest BCUT2D eigenvalue weighted by atomic mass is 9.68.